The van der Waals surface area contributed by atoms with Gasteiger partial charge in [0.2, 0.25) is 0 Å². The first kappa shape index (κ1) is 34.0. The summed E-state index contributed by atoms with van der Waals surface area (Å²) in [6.45, 7) is 10.9. The number of benzene rings is 1. The minimum Gasteiger partial charge on any atom is -0.444 e. The quantitative estimate of drug-likeness (QED) is 0.296. The van der Waals surface area contributed by atoms with Gasteiger partial charge in [0.25, 0.3) is 0 Å². The highest BCUT2D eigenvalue weighted by atomic mass is 35.5. The zero-order valence-corrected chi connectivity index (χ0v) is 28.3. The van der Waals surface area contributed by atoms with E-state index in [1.54, 1.807) is 18.0 Å². The number of ether oxygens (including phenoxy) is 1. The summed E-state index contributed by atoms with van der Waals surface area (Å²) in [5.41, 5.74) is 0.538. The number of pyridine rings is 1. The van der Waals surface area contributed by atoms with E-state index in [-0.39, 0.29) is 41.0 Å². The van der Waals surface area contributed by atoms with Gasteiger partial charge in [-0.15, -0.1) is 0 Å². The fourth-order valence-electron chi connectivity index (χ4n) is 5.77. The van der Waals surface area contributed by atoms with E-state index < -0.39 is 33.0 Å². The van der Waals surface area contributed by atoms with Crippen molar-refractivity contribution in [3.63, 3.8) is 0 Å². The number of fused-ring (bicyclic) bond motifs is 1. The molecular formula is C31H41ClFN7O5S. The molecule has 0 radical (unpaired) electrons. The molecule has 15 heteroatoms. The summed E-state index contributed by atoms with van der Waals surface area (Å²) in [7, 11) is -2.56. The van der Waals surface area contributed by atoms with Gasteiger partial charge in [0.15, 0.2) is 5.78 Å². The average molecular weight is 678 g/mol. The molecule has 2 aliphatic rings. The number of nitrogens with one attached hydrogen (secondary N) is 3. The van der Waals surface area contributed by atoms with Crippen molar-refractivity contribution in [2.75, 3.05) is 51.0 Å². The standard InChI is InChI=1S/C31H41ClFN7O5S/c1-6-38(5)46(43,44)37-24-9-8-23(33)26(27(24)32)28(41)22-18-36-29-21(22)15-20(17-35-29)19-7-10-25(34-16-19)39-11-13-40(14-12-39)30(42)45-31(2,3)4/h8-9,15,17-19,25,34,37H,6-7,10-14,16H2,1-5H3,(H,35,36). The molecule has 2 atom stereocenters. The number of anilines is 1. The predicted octanol–water partition coefficient (Wildman–Crippen LogP) is 4.54. The number of nitrogens with zero attached hydrogens (tertiary/aromatic N) is 4. The van der Waals surface area contributed by atoms with Crippen LogP contribution < -0.4 is 10.0 Å². The number of H-pyrrole nitrogens is 1. The summed E-state index contributed by atoms with van der Waals surface area (Å²) in [5.74, 6) is -1.41. The van der Waals surface area contributed by atoms with Gasteiger partial charge in [0.05, 0.1) is 22.4 Å². The van der Waals surface area contributed by atoms with Crippen LogP contribution in [-0.2, 0) is 14.9 Å². The van der Waals surface area contributed by atoms with Gasteiger partial charge in [-0.1, -0.05) is 18.5 Å². The Morgan fingerprint density at radius 2 is 1.91 bits per heavy atom. The average Bonchev–Trinajstić information content (AvgIpc) is 3.45. The van der Waals surface area contributed by atoms with E-state index in [1.807, 2.05) is 26.8 Å². The van der Waals surface area contributed by atoms with Crippen molar-refractivity contribution in [2.45, 2.75) is 58.2 Å². The summed E-state index contributed by atoms with van der Waals surface area (Å²) < 4.78 is 49.1. The molecule has 46 heavy (non-hydrogen) atoms. The lowest BCUT2D eigenvalue weighted by Crippen LogP contribution is -2.57. The van der Waals surface area contributed by atoms with Crippen LogP contribution in [0.4, 0.5) is 14.9 Å². The number of aromatic nitrogens is 2. The number of ketones is 1. The summed E-state index contributed by atoms with van der Waals surface area (Å²) in [6, 6.07) is 4.10. The van der Waals surface area contributed by atoms with E-state index in [2.05, 4.69) is 24.9 Å². The number of carbonyl (C=O) groups excluding carboxylic acids is 2. The summed E-state index contributed by atoms with van der Waals surface area (Å²) in [4.78, 5) is 37.8. The van der Waals surface area contributed by atoms with Gasteiger partial charge in [-0.2, -0.15) is 12.7 Å². The lowest BCUT2D eigenvalue weighted by molar-refractivity contribution is 0.00595. The third-order valence-corrected chi connectivity index (χ3v) is 10.4. The van der Waals surface area contributed by atoms with Gasteiger partial charge in [0.1, 0.15) is 17.1 Å². The third kappa shape index (κ3) is 7.31. The molecule has 2 saturated heterocycles. The molecule has 250 valence electrons. The Kier molecular flexibility index (Phi) is 9.94. The molecule has 0 spiro atoms. The zero-order valence-electron chi connectivity index (χ0n) is 26.7. The highest BCUT2D eigenvalue weighted by molar-refractivity contribution is 7.90. The molecule has 0 aliphatic carbocycles. The van der Waals surface area contributed by atoms with Crippen molar-refractivity contribution < 1.29 is 27.1 Å². The fourth-order valence-corrected chi connectivity index (χ4v) is 7.06. The van der Waals surface area contributed by atoms with Crippen molar-refractivity contribution >= 4 is 50.4 Å². The number of piperidine rings is 1. The van der Waals surface area contributed by atoms with E-state index in [0.29, 0.717) is 30.7 Å². The van der Waals surface area contributed by atoms with E-state index in [9.17, 15) is 18.0 Å². The number of hydrogen-bond acceptors (Lipinski definition) is 8. The van der Waals surface area contributed by atoms with Crippen LogP contribution in [0, 0.1) is 5.82 Å². The van der Waals surface area contributed by atoms with Crippen LogP contribution in [0.1, 0.15) is 67.9 Å². The topological polar surface area (TPSA) is 140 Å². The Hall–Kier alpha value is -3.30. The number of piperazine rings is 1. The SMILES string of the molecule is CCN(C)S(=O)(=O)Nc1ccc(F)c(C(=O)c2c[nH]c3ncc(C4CCC(N5CCN(C(=O)OC(C)(C)C)CC5)NC4)cc23)c1Cl. The van der Waals surface area contributed by atoms with Crippen molar-refractivity contribution in [3.05, 3.63) is 58.1 Å². The first-order valence-electron chi connectivity index (χ1n) is 15.4. The molecule has 5 rings (SSSR count). The van der Waals surface area contributed by atoms with Crippen LogP contribution in [-0.4, -0.2) is 102 Å². The van der Waals surface area contributed by atoms with Crippen molar-refractivity contribution in [1.82, 2.24) is 29.4 Å². The Balaban J connectivity index is 1.27. The van der Waals surface area contributed by atoms with E-state index >= 15 is 4.39 Å². The largest absolute Gasteiger partial charge is 0.444 e. The fraction of sp³-hybridized carbons (Fsp3) is 0.516. The number of carbonyl (C=O) groups is 2. The monoisotopic (exact) mass is 677 g/mol. The van der Waals surface area contributed by atoms with Crippen LogP contribution in [0.2, 0.25) is 5.02 Å². The second-order valence-electron chi connectivity index (χ2n) is 12.7. The van der Waals surface area contributed by atoms with Crippen LogP contribution >= 0.6 is 11.6 Å². The van der Waals surface area contributed by atoms with Crippen molar-refractivity contribution in [1.29, 1.82) is 0 Å². The Morgan fingerprint density at radius 3 is 2.54 bits per heavy atom. The van der Waals surface area contributed by atoms with Gasteiger partial charge >= 0.3 is 16.3 Å². The Morgan fingerprint density at radius 1 is 1.20 bits per heavy atom. The lowest BCUT2D eigenvalue weighted by Gasteiger charge is -2.42. The number of aromatic amines is 1. The molecule has 2 aliphatic heterocycles. The molecule has 2 aromatic heterocycles. The maximum Gasteiger partial charge on any atom is 0.410 e. The zero-order chi connectivity index (χ0) is 33.4. The van der Waals surface area contributed by atoms with Crippen LogP contribution in [0.25, 0.3) is 11.0 Å². The molecular weight excluding hydrogens is 637 g/mol. The molecule has 3 aromatic rings. The van der Waals surface area contributed by atoms with Crippen molar-refractivity contribution in [3.8, 4) is 0 Å². The summed E-state index contributed by atoms with van der Waals surface area (Å²) in [6.07, 6.45) is 4.94. The highest BCUT2D eigenvalue weighted by Crippen LogP contribution is 2.34. The minimum atomic E-state index is -3.95. The molecule has 0 bridgehead atoms. The molecule has 2 fully saturated rings. The molecule has 1 amide bonds. The maximum atomic E-state index is 15.1. The maximum absolute atomic E-state index is 15.1. The molecule has 0 saturated carbocycles. The van der Waals surface area contributed by atoms with E-state index in [4.69, 9.17) is 16.3 Å². The van der Waals surface area contributed by atoms with E-state index in [1.165, 1.54) is 19.3 Å². The number of amides is 1. The van der Waals surface area contributed by atoms with Crippen LogP contribution in [0.5, 0.6) is 0 Å². The van der Waals surface area contributed by atoms with Gasteiger partial charge < -0.3 is 19.9 Å². The Labute approximate surface area is 273 Å². The minimum absolute atomic E-state index is 0.0977. The third-order valence-electron chi connectivity index (χ3n) is 8.48. The first-order chi connectivity index (χ1) is 21.7. The van der Waals surface area contributed by atoms with Crippen LogP contribution in [0.15, 0.2) is 30.6 Å². The number of halogens is 2. The summed E-state index contributed by atoms with van der Waals surface area (Å²) >= 11 is 6.44. The highest BCUT2D eigenvalue weighted by Gasteiger charge is 2.32. The van der Waals surface area contributed by atoms with Gasteiger partial charge in [-0.05, 0) is 63.3 Å². The van der Waals surface area contributed by atoms with E-state index in [0.717, 1.165) is 41.9 Å². The lowest BCUT2D eigenvalue weighted by atomic mass is 9.90. The second-order valence-corrected chi connectivity index (χ2v) is 14.9. The molecule has 1 aromatic carbocycles. The van der Waals surface area contributed by atoms with Gasteiger partial charge in [-0.3, -0.25) is 14.4 Å². The van der Waals surface area contributed by atoms with Crippen molar-refractivity contribution in [2.24, 2.45) is 0 Å². The molecule has 2 unspecified atom stereocenters. The molecule has 12 nitrogen and oxygen atoms in total. The smallest absolute Gasteiger partial charge is 0.410 e. The first-order valence-corrected chi connectivity index (χ1v) is 17.2. The second kappa shape index (κ2) is 13.4. The summed E-state index contributed by atoms with van der Waals surface area (Å²) in [5, 5.41) is 3.83. The van der Waals surface area contributed by atoms with Crippen LogP contribution in [0.3, 0.4) is 0 Å². The predicted molar refractivity (Wildman–Crippen MR) is 175 cm³/mol. The van der Waals surface area contributed by atoms with Gasteiger partial charge in [-0.25, -0.2) is 14.2 Å². The number of rotatable bonds is 8. The molecule has 4 heterocycles. The normalized spacial score (nSPS) is 19.9. The number of hydrogen-bond donors (Lipinski definition) is 3. The molecule has 3 N–H and O–H groups in total. The van der Waals surface area contributed by atoms with Gasteiger partial charge in [0, 0.05) is 69.7 Å². The Bertz CT molecular complexity index is 1710.